The van der Waals surface area contributed by atoms with Crippen LogP contribution in [0.25, 0.3) is 0 Å². The van der Waals surface area contributed by atoms with Crippen LogP contribution in [0.1, 0.15) is 52.2 Å². The molecule has 2 unspecified atom stereocenters. The molecule has 0 aliphatic carbocycles. The van der Waals surface area contributed by atoms with Crippen LogP contribution in [0.4, 0.5) is 0 Å². The van der Waals surface area contributed by atoms with Crippen LogP contribution in [0.2, 0.25) is 0 Å². The normalized spacial score (nSPS) is 14.5. The molecule has 2 atom stereocenters. The average molecular weight is 267 g/mol. The third kappa shape index (κ3) is 7.38. The molecule has 1 rings (SSSR count). The van der Waals surface area contributed by atoms with Crippen molar-refractivity contribution in [3.63, 3.8) is 0 Å². The molecule has 0 radical (unpaired) electrons. The minimum atomic E-state index is 0.255. The van der Waals surface area contributed by atoms with E-state index in [4.69, 9.17) is 9.15 Å². The molecule has 0 bridgehead atoms. The number of hydrogen-bond donors (Lipinski definition) is 1. The van der Waals surface area contributed by atoms with E-state index in [1.807, 2.05) is 12.1 Å². The molecule has 1 N–H and O–H groups in total. The zero-order chi connectivity index (χ0) is 13.9. The molecular formula is C16H29NO2. The number of unbranched alkanes of at least 4 members (excludes halogenated alkanes) is 1. The second-order valence-electron chi connectivity index (χ2n) is 5.27. The molecule has 0 aliphatic rings. The molecule has 1 aromatic heterocycles. The third-order valence-corrected chi connectivity index (χ3v) is 3.47. The molecule has 110 valence electrons. The summed E-state index contributed by atoms with van der Waals surface area (Å²) in [4.78, 5) is 0. The Labute approximate surface area is 117 Å². The Morgan fingerprint density at radius 1 is 1.37 bits per heavy atom. The zero-order valence-corrected chi connectivity index (χ0v) is 12.7. The molecule has 0 saturated heterocycles. The van der Waals surface area contributed by atoms with E-state index < -0.39 is 0 Å². The highest BCUT2D eigenvalue weighted by Gasteiger charge is 2.09. The molecule has 1 aromatic rings. The molecule has 19 heavy (non-hydrogen) atoms. The molecule has 0 spiro atoms. The van der Waals surface area contributed by atoms with Gasteiger partial charge in [-0.15, -0.1) is 0 Å². The van der Waals surface area contributed by atoms with Crippen LogP contribution in [0, 0.1) is 5.92 Å². The van der Waals surface area contributed by atoms with Gasteiger partial charge in [-0.1, -0.05) is 33.1 Å². The summed E-state index contributed by atoms with van der Waals surface area (Å²) in [5.41, 5.74) is 0. The van der Waals surface area contributed by atoms with Crippen molar-refractivity contribution in [3.8, 4) is 0 Å². The summed E-state index contributed by atoms with van der Waals surface area (Å²) >= 11 is 0. The van der Waals surface area contributed by atoms with Gasteiger partial charge in [-0.25, -0.2) is 0 Å². The highest BCUT2D eigenvalue weighted by atomic mass is 16.5. The number of furan rings is 1. The van der Waals surface area contributed by atoms with Crippen molar-refractivity contribution in [3.05, 3.63) is 24.2 Å². The van der Waals surface area contributed by atoms with E-state index in [0.29, 0.717) is 5.92 Å². The smallest absolute Gasteiger partial charge is 0.117 e. The van der Waals surface area contributed by atoms with Crippen molar-refractivity contribution >= 4 is 0 Å². The molecule has 0 aliphatic heterocycles. The Morgan fingerprint density at radius 3 is 2.84 bits per heavy atom. The van der Waals surface area contributed by atoms with Crippen molar-refractivity contribution in [2.24, 2.45) is 5.92 Å². The summed E-state index contributed by atoms with van der Waals surface area (Å²) in [5.74, 6) is 1.69. The van der Waals surface area contributed by atoms with Gasteiger partial charge in [0.1, 0.15) is 5.76 Å². The lowest BCUT2D eigenvalue weighted by Crippen LogP contribution is -2.28. The van der Waals surface area contributed by atoms with Gasteiger partial charge in [0.25, 0.3) is 0 Å². The van der Waals surface area contributed by atoms with Crippen molar-refractivity contribution in [1.82, 2.24) is 5.32 Å². The number of rotatable bonds is 11. The molecule has 1 heterocycles. The molecule has 0 amide bonds. The molecule has 0 aromatic carbocycles. The van der Waals surface area contributed by atoms with Crippen LogP contribution >= 0.6 is 0 Å². The summed E-state index contributed by atoms with van der Waals surface area (Å²) in [6, 6.07) is 3.90. The highest BCUT2D eigenvalue weighted by Crippen LogP contribution is 2.13. The van der Waals surface area contributed by atoms with E-state index in [-0.39, 0.29) is 6.10 Å². The van der Waals surface area contributed by atoms with Crippen molar-refractivity contribution < 1.29 is 9.15 Å². The maximum atomic E-state index is 5.92. The summed E-state index contributed by atoms with van der Waals surface area (Å²) in [7, 11) is 0. The fourth-order valence-electron chi connectivity index (χ4n) is 2.07. The maximum Gasteiger partial charge on any atom is 0.117 e. The molecular weight excluding hydrogens is 238 g/mol. The zero-order valence-electron chi connectivity index (χ0n) is 12.7. The second-order valence-corrected chi connectivity index (χ2v) is 5.27. The van der Waals surface area contributed by atoms with Gasteiger partial charge in [-0.05, 0) is 31.4 Å². The van der Waals surface area contributed by atoms with E-state index >= 15 is 0 Å². The SMILES string of the molecule is CCCCC(CC)COC(C)CNCc1ccco1. The number of hydrogen-bond acceptors (Lipinski definition) is 3. The van der Waals surface area contributed by atoms with Gasteiger partial charge in [-0.2, -0.15) is 0 Å². The second kappa shape index (κ2) is 10.0. The summed E-state index contributed by atoms with van der Waals surface area (Å²) in [6.45, 7) is 9.15. The summed E-state index contributed by atoms with van der Waals surface area (Å²) in [6.07, 6.45) is 7.05. The maximum absolute atomic E-state index is 5.92. The van der Waals surface area contributed by atoms with Gasteiger partial charge in [0, 0.05) is 13.2 Å². The monoisotopic (exact) mass is 267 g/mol. The largest absolute Gasteiger partial charge is 0.468 e. The Kier molecular flexibility index (Phi) is 8.59. The molecule has 0 saturated carbocycles. The Morgan fingerprint density at radius 2 is 2.21 bits per heavy atom. The Hall–Kier alpha value is -0.800. The predicted octanol–water partition coefficient (Wildman–Crippen LogP) is 3.99. The lowest BCUT2D eigenvalue weighted by atomic mass is 10.0. The van der Waals surface area contributed by atoms with Crippen LogP contribution in [-0.4, -0.2) is 19.3 Å². The fourth-order valence-corrected chi connectivity index (χ4v) is 2.07. The van der Waals surface area contributed by atoms with Gasteiger partial charge >= 0.3 is 0 Å². The van der Waals surface area contributed by atoms with Crippen molar-refractivity contribution in [2.45, 2.75) is 59.1 Å². The van der Waals surface area contributed by atoms with Crippen molar-refractivity contribution in [2.75, 3.05) is 13.2 Å². The minimum absolute atomic E-state index is 0.255. The first-order chi connectivity index (χ1) is 9.26. The first-order valence-corrected chi connectivity index (χ1v) is 7.60. The minimum Gasteiger partial charge on any atom is -0.468 e. The van der Waals surface area contributed by atoms with Gasteiger partial charge in [0.15, 0.2) is 0 Å². The Bertz CT molecular complexity index is 298. The van der Waals surface area contributed by atoms with Gasteiger partial charge in [-0.3, -0.25) is 0 Å². The lowest BCUT2D eigenvalue weighted by Gasteiger charge is -2.19. The van der Waals surface area contributed by atoms with Crippen LogP contribution < -0.4 is 5.32 Å². The molecule has 3 heteroatoms. The van der Waals surface area contributed by atoms with E-state index in [1.54, 1.807) is 6.26 Å². The van der Waals surface area contributed by atoms with Crippen molar-refractivity contribution in [1.29, 1.82) is 0 Å². The van der Waals surface area contributed by atoms with Crippen LogP contribution in [0.15, 0.2) is 22.8 Å². The van der Waals surface area contributed by atoms with E-state index in [1.165, 1.54) is 25.7 Å². The molecule has 0 fully saturated rings. The lowest BCUT2D eigenvalue weighted by molar-refractivity contribution is 0.0365. The van der Waals surface area contributed by atoms with Crippen LogP contribution in [-0.2, 0) is 11.3 Å². The quantitative estimate of drug-likeness (QED) is 0.658. The molecule has 3 nitrogen and oxygen atoms in total. The number of ether oxygens (including phenoxy) is 1. The fraction of sp³-hybridized carbons (Fsp3) is 0.750. The first-order valence-electron chi connectivity index (χ1n) is 7.60. The third-order valence-electron chi connectivity index (χ3n) is 3.47. The van der Waals surface area contributed by atoms with Gasteiger partial charge < -0.3 is 14.5 Å². The Balaban J connectivity index is 2.07. The highest BCUT2D eigenvalue weighted by molar-refractivity contribution is 4.97. The standard InChI is InChI=1S/C16H29NO2/c1-4-6-8-15(5-2)13-19-14(3)11-17-12-16-9-7-10-18-16/h7,9-10,14-15,17H,4-6,8,11-13H2,1-3H3. The first kappa shape index (κ1) is 16.3. The average Bonchev–Trinajstić information content (AvgIpc) is 2.92. The van der Waals surface area contributed by atoms with E-state index in [2.05, 4.69) is 26.1 Å². The van der Waals surface area contributed by atoms with Crippen LogP contribution in [0.3, 0.4) is 0 Å². The number of nitrogens with one attached hydrogen (secondary N) is 1. The van der Waals surface area contributed by atoms with E-state index in [9.17, 15) is 0 Å². The summed E-state index contributed by atoms with van der Waals surface area (Å²) in [5, 5.41) is 3.35. The van der Waals surface area contributed by atoms with E-state index in [0.717, 1.165) is 25.5 Å². The predicted molar refractivity (Wildman–Crippen MR) is 79.1 cm³/mol. The van der Waals surface area contributed by atoms with Crippen LogP contribution in [0.5, 0.6) is 0 Å². The topological polar surface area (TPSA) is 34.4 Å². The van der Waals surface area contributed by atoms with Gasteiger partial charge in [0.2, 0.25) is 0 Å². The van der Waals surface area contributed by atoms with Gasteiger partial charge in [0.05, 0.1) is 18.9 Å². The summed E-state index contributed by atoms with van der Waals surface area (Å²) < 4.78 is 11.2.